The van der Waals surface area contributed by atoms with Crippen molar-refractivity contribution in [2.75, 3.05) is 5.32 Å². The molecule has 7 nitrogen and oxygen atoms in total. The Morgan fingerprint density at radius 2 is 2.20 bits per heavy atom. The number of carbonyl (C=O) groups is 1. The fourth-order valence-corrected chi connectivity index (χ4v) is 3.17. The lowest BCUT2D eigenvalue weighted by Crippen LogP contribution is -2.16. The van der Waals surface area contributed by atoms with Gasteiger partial charge in [0.25, 0.3) is 5.91 Å². The Morgan fingerprint density at radius 1 is 1.50 bits per heavy atom. The van der Waals surface area contributed by atoms with Crippen molar-refractivity contribution in [1.82, 2.24) is 10.2 Å². The van der Waals surface area contributed by atoms with Gasteiger partial charge < -0.3 is 0 Å². The Kier molecular flexibility index (Phi) is 4.20. The Morgan fingerprint density at radius 3 is 2.75 bits per heavy atom. The molecule has 0 atom stereocenters. The first kappa shape index (κ1) is 15.1. The Balaban J connectivity index is 2.34. The number of nitrogens with two attached hydrogens (primary N) is 1. The van der Waals surface area contributed by atoms with Crippen molar-refractivity contribution in [2.45, 2.75) is 4.90 Å². The highest BCUT2D eigenvalue weighted by atomic mass is 35.5. The van der Waals surface area contributed by atoms with Crippen molar-refractivity contribution in [2.24, 2.45) is 5.14 Å². The highest BCUT2D eigenvalue weighted by molar-refractivity contribution is 7.89. The summed E-state index contributed by atoms with van der Waals surface area (Å²) in [6.07, 6.45) is 0. The van der Waals surface area contributed by atoms with Crippen LogP contribution < -0.4 is 10.5 Å². The first-order valence-electron chi connectivity index (χ1n) is 4.96. The summed E-state index contributed by atoms with van der Waals surface area (Å²) in [7, 11) is -4.01. The molecule has 106 valence electrons. The normalized spacial score (nSPS) is 11.3. The summed E-state index contributed by atoms with van der Waals surface area (Å²) >= 11 is 11.6. The summed E-state index contributed by atoms with van der Waals surface area (Å²) in [4.78, 5) is 11.6. The molecule has 0 fully saturated rings. The van der Waals surface area contributed by atoms with E-state index >= 15 is 0 Å². The average molecular weight is 351 g/mol. The number of halogens is 1. The zero-order valence-corrected chi connectivity index (χ0v) is 12.8. The van der Waals surface area contributed by atoms with Gasteiger partial charge in [0.2, 0.25) is 15.2 Å². The predicted octanol–water partition coefficient (Wildman–Crippen LogP) is 1.75. The number of primary sulfonamides is 1. The van der Waals surface area contributed by atoms with E-state index in [9.17, 15) is 13.2 Å². The molecule has 0 bridgehead atoms. The van der Waals surface area contributed by atoms with Crippen LogP contribution in [0.25, 0.3) is 0 Å². The molecule has 0 radical (unpaired) electrons. The van der Waals surface area contributed by atoms with Crippen LogP contribution in [0.3, 0.4) is 0 Å². The summed E-state index contributed by atoms with van der Waals surface area (Å²) in [5, 5.41) is 14.0. The fourth-order valence-electron chi connectivity index (χ4n) is 1.32. The molecule has 4 N–H and O–H groups in total. The number of carbonyl (C=O) groups excluding carboxylic acids is 1. The maximum absolute atomic E-state index is 11.9. The van der Waals surface area contributed by atoms with Crippen molar-refractivity contribution in [3.8, 4) is 0 Å². The van der Waals surface area contributed by atoms with Crippen LogP contribution in [0.1, 0.15) is 10.4 Å². The van der Waals surface area contributed by atoms with Gasteiger partial charge in [0.05, 0.1) is 5.02 Å². The molecule has 0 aliphatic carbocycles. The van der Waals surface area contributed by atoms with Gasteiger partial charge in [-0.25, -0.2) is 13.6 Å². The number of amides is 1. The summed E-state index contributed by atoms with van der Waals surface area (Å²) in [6, 6.07) is 3.75. The lowest BCUT2D eigenvalue weighted by molar-refractivity contribution is 0.102. The van der Waals surface area contributed by atoms with E-state index in [4.69, 9.17) is 29.0 Å². The predicted molar refractivity (Wildman–Crippen MR) is 78.1 cm³/mol. The molecule has 0 aliphatic heterocycles. The maximum Gasteiger partial charge on any atom is 0.257 e. The third kappa shape index (κ3) is 3.41. The molecule has 0 saturated heterocycles. The van der Waals surface area contributed by atoms with Gasteiger partial charge in [-0.1, -0.05) is 22.9 Å². The fraction of sp³-hybridized carbons (Fsp3) is 0. The Hall–Kier alpha value is -1.33. The summed E-state index contributed by atoms with van der Waals surface area (Å²) in [5.74, 6) is -0.552. The van der Waals surface area contributed by atoms with Gasteiger partial charge in [0.1, 0.15) is 4.90 Å². The summed E-state index contributed by atoms with van der Waals surface area (Å²) in [6.45, 7) is 0. The minimum atomic E-state index is -4.01. The number of hydrogen-bond donors (Lipinski definition) is 3. The van der Waals surface area contributed by atoms with E-state index in [1.165, 1.54) is 12.1 Å². The second-order valence-corrected chi connectivity index (χ2v) is 7.17. The zero-order valence-electron chi connectivity index (χ0n) is 9.58. The molecule has 1 amide bonds. The number of nitrogens with zero attached hydrogens (tertiary/aromatic N) is 1. The molecule has 0 spiro atoms. The van der Waals surface area contributed by atoms with Crippen LogP contribution in [-0.4, -0.2) is 24.5 Å². The van der Waals surface area contributed by atoms with Crippen LogP contribution in [-0.2, 0) is 10.0 Å². The molecule has 0 aliphatic rings. The number of rotatable bonds is 3. The van der Waals surface area contributed by atoms with E-state index in [2.05, 4.69) is 15.5 Å². The molecule has 1 heterocycles. The first-order chi connectivity index (χ1) is 9.27. The third-order valence-corrected chi connectivity index (χ3v) is 4.56. The molecular weight excluding hydrogens is 344 g/mol. The molecular formula is C9H7ClN4O3S3. The summed E-state index contributed by atoms with van der Waals surface area (Å²) in [5.41, 5.74) is 0.0829. The van der Waals surface area contributed by atoms with E-state index in [-0.39, 0.29) is 20.6 Å². The standard InChI is InChI=1S/C9H7ClN4O3S3/c10-5-2-1-4(3-6(5)20(11,16)17)7(15)12-8-13-14-9(18)19-8/h1-3H,(H,14,18)(H2,11,16,17)(H,12,13,15). The minimum Gasteiger partial charge on any atom is -0.296 e. The smallest absolute Gasteiger partial charge is 0.257 e. The average Bonchev–Trinajstić information content (AvgIpc) is 2.73. The van der Waals surface area contributed by atoms with Crippen LogP contribution in [0.15, 0.2) is 23.1 Å². The van der Waals surface area contributed by atoms with Crippen molar-refractivity contribution < 1.29 is 13.2 Å². The number of hydrogen-bond acceptors (Lipinski definition) is 6. The molecule has 1 aromatic heterocycles. The number of anilines is 1. The van der Waals surface area contributed by atoms with Crippen molar-refractivity contribution in [3.63, 3.8) is 0 Å². The number of H-pyrrole nitrogens is 1. The second-order valence-electron chi connectivity index (χ2n) is 3.56. The van der Waals surface area contributed by atoms with Crippen LogP contribution in [0.5, 0.6) is 0 Å². The van der Waals surface area contributed by atoms with Gasteiger partial charge in [-0.15, -0.1) is 5.10 Å². The van der Waals surface area contributed by atoms with Crippen molar-refractivity contribution in [1.29, 1.82) is 0 Å². The summed E-state index contributed by atoms with van der Waals surface area (Å²) < 4.78 is 23.0. The van der Waals surface area contributed by atoms with Gasteiger partial charge in [-0.3, -0.25) is 15.2 Å². The van der Waals surface area contributed by atoms with Gasteiger partial charge in [0, 0.05) is 5.56 Å². The van der Waals surface area contributed by atoms with Gasteiger partial charge in [0.15, 0.2) is 3.95 Å². The lowest BCUT2D eigenvalue weighted by Gasteiger charge is -2.05. The van der Waals surface area contributed by atoms with E-state index in [1.807, 2.05) is 0 Å². The molecule has 1 aromatic carbocycles. The molecule has 2 rings (SSSR count). The number of benzene rings is 1. The number of aromatic amines is 1. The molecule has 20 heavy (non-hydrogen) atoms. The SMILES string of the molecule is NS(=O)(=O)c1cc(C(=O)Nc2n[nH]c(=S)s2)ccc1Cl. The molecule has 2 aromatic rings. The van der Waals surface area contributed by atoms with E-state index in [0.29, 0.717) is 3.95 Å². The molecule has 0 saturated carbocycles. The number of sulfonamides is 1. The van der Waals surface area contributed by atoms with Crippen LogP contribution in [0.4, 0.5) is 5.13 Å². The van der Waals surface area contributed by atoms with Crippen molar-refractivity contribution in [3.05, 3.63) is 32.7 Å². The van der Waals surface area contributed by atoms with Gasteiger partial charge in [-0.2, -0.15) is 0 Å². The lowest BCUT2D eigenvalue weighted by atomic mass is 10.2. The highest BCUT2D eigenvalue weighted by Gasteiger charge is 2.17. The Bertz CT molecular complexity index is 827. The molecule has 0 unspecified atom stereocenters. The minimum absolute atomic E-state index is 0.0560. The number of nitrogens with one attached hydrogen (secondary N) is 2. The maximum atomic E-state index is 11.9. The van der Waals surface area contributed by atoms with Crippen LogP contribution in [0, 0.1) is 3.95 Å². The first-order valence-corrected chi connectivity index (χ1v) is 8.11. The second kappa shape index (κ2) is 5.58. The quantitative estimate of drug-likeness (QED) is 0.729. The molecule has 11 heteroatoms. The van der Waals surface area contributed by atoms with Crippen LogP contribution >= 0.6 is 35.2 Å². The van der Waals surface area contributed by atoms with Gasteiger partial charge >= 0.3 is 0 Å². The largest absolute Gasteiger partial charge is 0.296 e. The highest BCUT2D eigenvalue weighted by Crippen LogP contribution is 2.22. The monoisotopic (exact) mass is 350 g/mol. The number of aromatic nitrogens is 2. The van der Waals surface area contributed by atoms with Crippen LogP contribution in [0.2, 0.25) is 5.02 Å². The van der Waals surface area contributed by atoms with E-state index in [0.717, 1.165) is 17.4 Å². The Labute approximate surface area is 127 Å². The van der Waals surface area contributed by atoms with E-state index in [1.54, 1.807) is 0 Å². The third-order valence-electron chi connectivity index (χ3n) is 2.16. The van der Waals surface area contributed by atoms with Crippen molar-refractivity contribution >= 4 is 56.2 Å². The van der Waals surface area contributed by atoms with Gasteiger partial charge in [-0.05, 0) is 30.4 Å². The zero-order chi connectivity index (χ0) is 14.9. The van der Waals surface area contributed by atoms with E-state index < -0.39 is 15.9 Å². The topological polar surface area (TPSA) is 118 Å².